The number of benzene rings is 2. The Hall–Kier alpha value is -3.33. The van der Waals surface area contributed by atoms with Gasteiger partial charge in [-0.05, 0) is 86.6 Å². The van der Waals surface area contributed by atoms with Crippen LogP contribution in [-0.2, 0) is 19.1 Å². The third-order valence-corrected chi connectivity index (χ3v) is 8.03. The topological polar surface area (TPSA) is 107 Å². The zero-order valence-electron chi connectivity index (χ0n) is 19.5. The molecule has 1 aliphatic heterocycles. The molecule has 8 nitrogen and oxygen atoms in total. The van der Waals surface area contributed by atoms with E-state index in [4.69, 9.17) is 9.47 Å². The molecule has 5 rings (SSSR count). The van der Waals surface area contributed by atoms with Gasteiger partial charge in [-0.1, -0.05) is 15.9 Å². The fourth-order valence-electron chi connectivity index (χ4n) is 5.72. The molecule has 3 aliphatic rings. The number of imide groups is 1. The lowest BCUT2D eigenvalue weighted by molar-refractivity contribution is -0.157. The van der Waals surface area contributed by atoms with Crippen molar-refractivity contribution in [3.8, 4) is 5.75 Å². The predicted octanol–water partition coefficient (Wildman–Crippen LogP) is 3.81. The third-order valence-electron chi connectivity index (χ3n) is 7.50. The summed E-state index contributed by atoms with van der Waals surface area (Å²) in [7, 11) is 0. The highest BCUT2D eigenvalue weighted by molar-refractivity contribution is 9.10. The summed E-state index contributed by atoms with van der Waals surface area (Å²) in [5, 5.41) is 0. The predicted molar refractivity (Wildman–Crippen MR) is 130 cm³/mol. The summed E-state index contributed by atoms with van der Waals surface area (Å²) in [6.45, 7) is 0.926. The van der Waals surface area contributed by atoms with Gasteiger partial charge >= 0.3 is 11.9 Å². The molecule has 0 aromatic heterocycles. The maximum Gasteiger partial charge on any atom is 0.343 e. The van der Waals surface area contributed by atoms with Gasteiger partial charge in [-0.15, -0.1) is 0 Å². The number of hydrogen-bond acceptors (Lipinski definition) is 7. The number of esters is 2. The van der Waals surface area contributed by atoms with Crippen LogP contribution in [0.2, 0.25) is 0 Å². The van der Waals surface area contributed by atoms with Gasteiger partial charge in [-0.25, -0.2) is 9.59 Å². The van der Waals surface area contributed by atoms with Crippen LogP contribution >= 0.6 is 15.9 Å². The van der Waals surface area contributed by atoms with Crippen molar-refractivity contribution in [3.05, 3.63) is 64.1 Å². The summed E-state index contributed by atoms with van der Waals surface area (Å²) < 4.78 is 11.3. The number of rotatable bonds is 7. The molecule has 2 aliphatic carbocycles. The van der Waals surface area contributed by atoms with Gasteiger partial charge in [-0.2, -0.15) is 0 Å². The molecule has 5 unspecified atom stereocenters. The Morgan fingerprint density at radius 1 is 0.917 bits per heavy atom. The van der Waals surface area contributed by atoms with Gasteiger partial charge in [-0.3, -0.25) is 19.3 Å². The van der Waals surface area contributed by atoms with Crippen molar-refractivity contribution in [2.45, 2.75) is 32.2 Å². The second-order valence-corrected chi connectivity index (χ2v) is 10.5. The minimum Gasteiger partial charge on any atom is -0.456 e. The third kappa shape index (κ3) is 4.36. The maximum absolute atomic E-state index is 12.9. The van der Waals surface area contributed by atoms with E-state index in [-0.39, 0.29) is 46.8 Å². The van der Waals surface area contributed by atoms with Crippen molar-refractivity contribution in [2.24, 2.45) is 23.7 Å². The molecule has 2 aromatic rings. The number of ether oxygens (including phenoxy) is 2. The van der Waals surface area contributed by atoms with E-state index in [2.05, 4.69) is 15.9 Å². The Bertz CT molecular complexity index is 1210. The number of nitrogens with zero attached hydrogens (tertiary/aromatic N) is 1. The second-order valence-electron chi connectivity index (χ2n) is 9.56. The summed E-state index contributed by atoms with van der Waals surface area (Å²) in [4.78, 5) is 64.2. The van der Waals surface area contributed by atoms with Crippen molar-refractivity contribution in [2.75, 3.05) is 6.61 Å². The average molecular weight is 554 g/mol. The van der Waals surface area contributed by atoms with Crippen LogP contribution in [0.4, 0.5) is 0 Å². The fourth-order valence-corrected chi connectivity index (χ4v) is 5.98. The highest BCUT2D eigenvalue weighted by Gasteiger charge is 2.62. The van der Waals surface area contributed by atoms with E-state index in [1.165, 1.54) is 31.2 Å². The molecule has 186 valence electrons. The molecule has 1 heterocycles. The van der Waals surface area contributed by atoms with Crippen molar-refractivity contribution < 1.29 is 33.4 Å². The first kappa shape index (κ1) is 24.4. The first-order chi connectivity index (χ1) is 17.2. The van der Waals surface area contributed by atoms with E-state index in [9.17, 15) is 24.0 Å². The van der Waals surface area contributed by atoms with Gasteiger partial charge in [0, 0.05) is 10.0 Å². The van der Waals surface area contributed by atoms with Gasteiger partial charge in [0.2, 0.25) is 11.8 Å². The smallest absolute Gasteiger partial charge is 0.343 e. The van der Waals surface area contributed by atoms with Crippen molar-refractivity contribution in [1.29, 1.82) is 0 Å². The van der Waals surface area contributed by atoms with E-state index in [1.807, 2.05) is 0 Å². The molecule has 0 spiro atoms. The van der Waals surface area contributed by atoms with Crippen LogP contribution in [0.25, 0.3) is 0 Å². The summed E-state index contributed by atoms with van der Waals surface area (Å²) in [5.74, 6) is -2.29. The molecule has 0 radical (unpaired) electrons. The zero-order valence-corrected chi connectivity index (χ0v) is 21.1. The number of carbonyl (C=O) groups is 5. The standard InChI is InChI=1S/C27H24BrNO7/c1-14(29-24(31)22-17-2-3-18(12-17)23(22)25(29)32)26(33)35-13-21(30)15-6-10-20(11-7-15)36-27(34)16-4-8-19(28)9-5-16/h4-11,14,17-18,22-23H,2-3,12-13H2,1H3. The van der Waals surface area contributed by atoms with Crippen molar-refractivity contribution in [3.63, 3.8) is 0 Å². The van der Waals surface area contributed by atoms with Crippen LogP contribution in [0.1, 0.15) is 46.9 Å². The number of hydrogen-bond donors (Lipinski definition) is 0. The molecule has 3 fully saturated rings. The number of likely N-dealkylation sites (tertiary alicyclic amines) is 1. The SMILES string of the molecule is CC(C(=O)OCC(=O)c1ccc(OC(=O)c2ccc(Br)cc2)cc1)N1C(=O)C2C3CCC(C3)C2C1=O. The lowest BCUT2D eigenvalue weighted by Gasteiger charge is -2.22. The van der Waals surface area contributed by atoms with Crippen LogP contribution < -0.4 is 4.74 Å². The molecule has 9 heteroatoms. The van der Waals surface area contributed by atoms with Gasteiger partial charge in [0.15, 0.2) is 12.4 Å². The van der Waals surface area contributed by atoms with E-state index in [0.29, 0.717) is 5.56 Å². The monoisotopic (exact) mass is 553 g/mol. The first-order valence-electron chi connectivity index (χ1n) is 11.9. The molecule has 0 N–H and O–H groups in total. The molecule has 2 saturated carbocycles. The summed E-state index contributed by atoms with van der Waals surface area (Å²) in [6.07, 6.45) is 2.82. The molecule has 2 aromatic carbocycles. The Balaban J connectivity index is 1.15. The van der Waals surface area contributed by atoms with Crippen LogP contribution in [0.3, 0.4) is 0 Å². The summed E-state index contributed by atoms with van der Waals surface area (Å²) in [5.41, 5.74) is 0.643. The normalized spacial score (nSPS) is 25.0. The molecule has 1 saturated heterocycles. The van der Waals surface area contributed by atoms with Gasteiger partial charge in [0.1, 0.15) is 11.8 Å². The number of fused-ring (bicyclic) bond motifs is 5. The minimum absolute atomic E-state index is 0.225. The van der Waals surface area contributed by atoms with Gasteiger partial charge in [0.05, 0.1) is 17.4 Å². The maximum atomic E-state index is 12.9. The summed E-state index contributed by atoms with van der Waals surface area (Å²) in [6, 6.07) is 11.5. The number of ketones is 1. The molecule has 2 bridgehead atoms. The Kier molecular flexibility index (Phi) is 6.51. The Morgan fingerprint density at radius 2 is 1.47 bits per heavy atom. The molecular weight excluding hydrogens is 530 g/mol. The Morgan fingerprint density at radius 3 is 2.06 bits per heavy atom. The van der Waals surface area contributed by atoms with Gasteiger partial charge < -0.3 is 9.47 Å². The number of amides is 2. The number of carbonyl (C=O) groups excluding carboxylic acids is 5. The number of halogens is 1. The lowest BCUT2D eigenvalue weighted by atomic mass is 9.81. The lowest BCUT2D eigenvalue weighted by Crippen LogP contribution is -2.45. The van der Waals surface area contributed by atoms with Crippen molar-refractivity contribution >= 4 is 45.5 Å². The van der Waals surface area contributed by atoms with E-state index < -0.39 is 30.4 Å². The van der Waals surface area contributed by atoms with Gasteiger partial charge in [0.25, 0.3) is 0 Å². The Labute approximate surface area is 216 Å². The highest BCUT2D eigenvalue weighted by atomic mass is 79.9. The van der Waals surface area contributed by atoms with Crippen molar-refractivity contribution in [1.82, 2.24) is 4.90 Å². The summed E-state index contributed by atoms with van der Waals surface area (Å²) >= 11 is 3.30. The van der Waals surface area contributed by atoms with E-state index in [0.717, 1.165) is 28.6 Å². The molecular formula is C27H24BrNO7. The second kappa shape index (κ2) is 9.61. The molecule has 5 atom stereocenters. The number of Topliss-reactive ketones (excluding diaryl/α,β-unsaturated/α-hetero) is 1. The largest absolute Gasteiger partial charge is 0.456 e. The van der Waals surface area contributed by atoms with E-state index >= 15 is 0 Å². The minimum atomic E-state index is -1.08. The zero-order chi connectivity index (χ0) is 25.6. The van der Waals surface area contributed by atoms with Crippen LogP contribution in [0.15, 0.2) is 53.0 Å². The highest BCUT2D eigenvalue weighted by Crippen LogP contribution is 2.56. The first-order valence-corrected chi connectivity index (χ1v) is 12.7. The van der Waals surface area contributed by atoms with Crippen LogP contribution in [0.5, 0.6) is 5.75 Å². The molecule has 36 heavy (non-hydrogen) atoms. The average Bonchev–Trinajstić information content (AvgIpc) is 3.56. The van der Waals surface area contributed by atoms with E-state index in [1.54, 1.807) is 24.3 Å². The van der Waals surface area contributed by atoms with Crippen LogP contribution in [0, 0.1) is 23.7 Å². The quantitative estimate of drug-likeness (QED) is 0.222. The fraction of sp³-hybridized carbons (Fsp3) is 0.370. The van der Waals surface area contributed by atoms with Crippen LogP contribution in [-0.4, -0.2) is 47.1 Å². The molecule has 2 amide bonds.